The summed E-state index contributed by atoms with van der Waals surface area (Å²) < 4.78 is 1.23. The lowest BCUT2D eigenvalue weighted by Crippen LogP contribution is -2.53. The van der Waals surface area contributed by atoms with E-state index in [1.807, 2.05) is 6.07 Å². The Bertz CT molecular complexity index is 702. The van der Waals surface area contributed by atoms with Crippen molar-refractivity contribution in [3.63, 3.8) is 0 Å². The van der Waals surface area contributed by atoms with Crippen LogP contribution in [0.1, 0.15) is 30.8 Å². The van der Waals surface area contributed by atoms with Crippen LogP contribution in [-0.2, 0) is 4.79 Å². The molecule has 2 unspecified atom stereocenters. The highest BCUT2D eigenvalue weighted by Crippen LogP contribution is 2.36. The van der Waals surface area contributed by atoms with Crippen molar-refractivity contribution < 1.29 is 9.90 Å². The van der Waals surface area contributed by atoms with Gasteiger partial charge in [0.05, 0.1) is 16.3 Å². The van der Waals surface area contributed by atoms with E-state index in [4.69, 9.17) is 4.98 Å². The van der Waals surface area contributed by atoms with Gasteiger partial charge in [-0.3, -0.25) is 14.6 Å². The number of thiazole rings is 1. The molecule has 0 radical (unpaired) electrons. The molecule has 24 heavy (non-hydrogen) atoms. The minimum Gasteiger partial charge on any atom is -0.480 e. The minimum absolute atomic E-state index is 0.273. The van der Waals surface area contributed by atoms with E-state index >= 15 is 0 Å². The standard InChI is InChI=1S/C18H23N3O2S/c1-12(17-19-14-4-2-3-5-15(14)24-17)20-8-10-21(11-9-20)16(18(22)23)13-6-7-13/h2-5,12-13,16H,6-11H2,1H3,(H,22,23). The van der Waals surface area contributed by atoms with Gasteiger partial charge in [0.2, 0.25) is 0 Å². The van der Waals surface area contributed by atoms with Crippen LogP contribution in [0.2, 0.25) is 0 Å². The lowest BCUT2D eigenvalue weighted by Gasteiger charge is -2.39. The van der Waals surface area contributed by atoms with Gasteiger partial charge in [-0.1, -0.05) is 12.1 Å². The monoisotopic (exact) mass is 345 g/mol. The van der Waals surface area contributed by atoms with Crippen LogP contribution >= 0.6 is 11.3 Å². The first-order valence-corrected chi connectivity index (χ1v) is 9.51. The van der Waals surface area contributed by atoms with Gasteiger partial charge in [-0.2, -0.15) is 0 Å². The van der Waals surface area contributed by atoms with Crippen molar-refractivity contribution in [1.82, 2.24) is 14.8 Å². The molecule has 1 saturated carbocycles. The maximum atomic E-state index is 11.6. The molecule has 2 heterocycles. The van der Waals surface area contributed by atoms with Crippen LogP contribution in [0.25, 0.3) is 10.2 Å². The Balaban J connectivity index is 1.42. The summed E-state index contributed by atoms with van der Waals surface area (Å²) in [6, 6.07) is 8.27. The SMILES string of the molecule is CC(c1nc2ccccc2s1)N1CCN(C(C(=O)O)C2CC2)CC1. The Kier molecular flexibility index (Phi) is 4.28. The molecule has 2 fully saturated rings. The topological polar surface area (TPSA) is 56.7 Å². The van der Waals surface area contributed by atoms with Crippen LogP contribution in [0.3, 0.4) is 0 Å². The first-order chi connectivity index (χ1) is 11.6. The number of carboxylic acids is 1. The summed E-state index contributed by atoms with van der Waals surface area (Å²) in [6.45, 7) is 5.70. The number of aliphatic carboxylic acids is 1. The smallest absolute Gasteiger partial charge is 0.321 e. The number of aromatic nitrogens is 1. The number of carbonyl (C=O) groups is 1. The van der Waals surface area contributed by atoms with Crippen molar-refractivity contribution in [2.24, 2.45) is 5.92 Å². The predicted molar refractivity (Wildman–Crippen MR) is 95.3 cm³/mol. The molecular weight excluding hydrogens is 322 g/mol. The van der Waals surface area contributed by atoms with Crippen LogP contribution in [0.15, 0.2) is 24.3 Å². The molecule has 2 atom stereocenters. The fourth-order valence-corrected chi connectivity index (χ4v) is 4.75. The summed E-state index contributed by atoms with van der Waals surface area (Å²) in [7, 11) is 0. The molecule has 1 N–H and O–H groups in total. The van der Waals surface area contributed by atoms with Gasteiger partial charge >= 0.3 is 5.97 Å². The quantitative estimate of drug-likeness (QED) is 0.903. The second kappa shape index (κ2) is 6.43. The van der Waals surface area contributed by atoms with Crippen LogP contribution in [-0.4, -0.2) is 58.1 Å². The summed E-state index contributed by atoms with van der Waals surface area (Å²) in [5.41, 5.74) is 1.07. The molecule has 6 heteroatoms. The summed E-state index contributed by atoms with van der Waals surface area (Å²) in [5.74, 6) is -0.277. The number of hydrogen-bond acceptors (Lipinski definition) is 5. The molecule has 2 aliphatic rings. The number of para-hydroxylation sites is 1. The Hall–Kier alpha value is -1.50. The number of hydrogen-bond donors (Lipinski definition) is 1. The lowest BCUT2D eigenvalue weighted by atomic mass is 10.1. The normalized spacial score (nSPS) is 22.5. The van der Waals surface area contributed by atoms with E-state index in [-0.39, 0.29) is 12.1 Å². The molecule has 1 aliphatic heterocycles. The van der Waals surface area contributed by atoms with Gasteiger partial charge in [0.15, 0.2) is 0 Å². The third-order valence-corrected chi connectivity index (χ3v) is 6.49. The number of piperazine rings is 1. The molecule has 1 aromatic heterocycles. The first kappa shape index (κ1) is 16.0. The van der Waals surface area contributed by atoms with Crippen LogP contribution < -0.4 is 0 Å². The maximum absolute atomic E-state index is 11.6. The second-order valence-corrected chi connectivity index (χ2v) is 7.95. The van der Waals surface area contributed by atoms with Crippen molar-refractivity contribution in [3.05, 3.63) is 29.3 Å². The van der Waals surface area contributed by atoms with Gasteiger partial charge in [-0.25, -0.2) is 4.98 Å². The second-order valence-electron chi connectivity index (χ2n) is 6.89. The summed E-state index contributed by atoms with van der Waals surface area (Å²) in [4.78, 5) is 20.9. The fourth-order valence-electron chi connectivity index (χ4n) is 3.70. The molecule has 0 amide bonds. The molecule has 1 aliphatic carbocycles. The minimum atomic E-state index is -0.648. The van der Waals surface area contributed by atoms with E-state index in [1.165, 1.54) is 4.70 Å². The third kappa shape index (κ3) is 3.06. The molecule has 1 saturated heterocycles. The third-order valence-electron chi connectivity index (χ3n) is 5.28. The maximum Gasteiger partial charge on any atom is 0.321 e. The number of carboxylic acid groups (broad SMARTS) is 1. The number of fused-ring (bicyclic) bond motifs is 1. The van der Waals surface area contributed by atoms with Gasteiger partial charge in [-0.15, -0.1) is 11.3 Å². The van der Waals surface area contributed by atoms with Gasteiger partial charge in [-0.05, 0) is 37.8 Å². The summed E-state index contributed by atoms with van der Waals surface area (Å²) >= 11 is 1.77. The van der Waals surface area contributed by atoms with E-state index in [9.17, 15) is 9.90 Å². The average Bonchev–Trinajstić information content (AvgIpc) is 3.31. The van der Waals surface area contributed by atoms with Crippen LogP contribution in [0, 0.1) is 5.92 Å². The van der Waals surface area contributed by atoms with Crippen molar-refractivity contribution >= 4 is 27.5 Å². The lowest BCUT2D eigenvalue weighted by molar-refractivity contribution is -0.145. The van der Waals surface area contributed by atoms with E-state index in [0.29, 0.717) is 5.92 Å². The van der Waals surface area contributed by atoms with Gasteiger partial charge in [0, 0.05) is 26.2 Å². The zero-order valence-electron chi connectivity index (χ0n) is 13.9. The highest BCUT2D eigenvalue weighted by Gasteiger charge is 2.41. The average molecular weight is 345 g/mol. The zero-order valence-corrected chi connectivity index (χ0v) is 14.7. The van der Waals surface area contributed by atoms with E-state index < -0.39 is 5.97 Å². The molecular formula is C18H23N3O2S. The summed E-state index contributed by atoms with van der Waals surface area (Å²) in [6.07, 6.45) is 2.14. The fraction of sp³-hybridized carbons (Fsp3) is 0.556. The molecule has 128 valence electrons. The molecule has 4 rings (SSSR count). The van der Waals surface area contributed by atoms with Crippen molar-refractivity contribution in [1.29, 1.82) is 0 Å². The van der Waals surface area contributed by atoms with Gasteiger partial charge in [0.1, 0.15) is 11.0 Å². The predicted octanol–water partition coefficient (Wildman–Crippen LogP) is 2.84. The Morgan fingerprint density at radius 3 is 2.50 bits per heavy atom. The van der Waals surface area contributed by atoms with Crippen LogP contribution in [0.4, 0.5) is 0 Å². The molecule has 1 aromatic carbocycles. The Morgan fingerprint density at radius 1 is 1.21 bits per heavy atom. The number of nitrogens with zero attached hydrogens (tertiary/aromatic N) is 3. The van der Waals surface area contributed by atoms with E-state index in [1.54, 1.807) is 11.3 Å². The molecule has 2 aromatic rings. The zero-order chi connectivity index (χ0) is 16.7. The van der Waals surface area contributed by atoms with E-state index in [0.717, 1.165) is 49.5 Å². The number of benzene rings is 1. The number of rotatable bonds is 5. The van der Waals surface area contributed by atoms with Crippen LogP contribution in [0.5, 0.6) is 0 Å². The first-order valence-electron chi connectivity index (χ1n) is 8.70. The van der Waals surface area contributed by atoms with Crippen molar-refractivity contribution in [2.45, 2.75) is 31.8 Å². The van der Waals surface area contributed by atoms with Gasteiger partial charge < -0.3 is 5.11 Å². The Labute approximate surface area is 145 Å². The largest absolute Gasteiger partial charge is 0.480 e. The molecule has 5 nitrogen and oxygen atoms in total. The highest BCUT2D eigenvalue weighted by molar-refractivity contribution is 7.18. The summed E-state index contributed by atoms with van der Waals surface area (Å²) in [5, 5.41) is 10.7. The Morgan fingerprint density at radius 2 is 1.88 bits per heavy atom. The molecule has 0 bridgehead atoms. The van der Waals surface area contributed by atoms with Crippen molar-refractivity contribution in [3.8, 4) is 0 Å². The molecule has 0 spiro atoms. The van der Waals surface area contributed by atoms with Crippen molar-refractivity contribution in [2.75, 3.05) is 26.2 Å². The highest BCUT2D eigenvalue weighted by atomic mass is 32.1. The van der Waals surface area contributed by atoms with E-state index in [2.05, 4.69) is 34.9 Å². The van der Waals surface area contributed by atoms with Gasteiger partial charge in [0.25, 0.3) is 0 Å².